The van der Waals surface area contributed by atoms with Gasteiger partial charge in [0.25, 0.3) is 0 Å². The fourth-order valence-electron chi connectivity index (χ4n) is 9.33. The van der Waals surface area contributed by atoms with E-state index in [2.05, 4.69) is 43.3 Å². The quantitative estimate of drug-likeness (QED) is 0.189. The minimum Gasteiger partial charge on any atom is -0.379 e. The van der Waals surface area contributed by atoms with Crippen molar-refractivity contribution in [3.8, 4) is 6.07 Å². The van der Waals surface area contributed by atoms with Crippen LogP contribution in [-0.2, 0) is 9.53 Å². The van der Waals surface area contributed by atoms with E-state index in [1.54, 1.807) is 0 Å². The fourth-order valence-corrected chi connectivity index (χ4v) is 9.33. The lowest BCUT2D eigenvalue weighted by Gasteiger charge is -2.55. The van der Waals surface area contributed by atoms with Crippen LogP contribution in [0.3, 0.4) is 0 Å². The lowest BCUT2D eigenvalue weighted by molar-refractivity contribution is -0.122. The van der Waals surface area contributed by atoms with E-state index in [1.165, 1.54) is 155 Å². The number of ether oxygens (including phenoxy) is 1. The van der Waals surface area contributed by atoms with Crippen LogP contribution in [0.1, 0.15) is 128 Å². The number of nitrogens with zero attached hydrogens (tertiary/aromatic N) is 1. The lowest BCUT2D eigenvalue weighted by Crippen LogP contribution is -2.55. The summed E-state index contributed by atoms with van der Waals surface area (Å²) in [6, 6.07) is 2.26. The fraction of sp³-hybridized carbons (Fsp3) is 0.955. The molecule has 4 bridgehead atoms. The first-order chi connectivity index (χ1) is 27.5. The second-order valence-corrected chi connectivity index (χ2v) is 17.8. The molecular formula is C44H88N10O2. The summed E-state index contributed by atoms with van der Waals surface area (Å²) >= 11 is 0. The molecule has 0 aromatic carbocycles. The van der Waals surface area contributed by atoms with Gasteiger partial charge in [0.2, 0.25) is 5.91 Å². The molecule has 12 heteroatoms. The average Bonchev–Trinajstić information content (AvgIpc) is 3.67. The normalized spacial score (nSPS) is 30.5. The van der Waals surface area contributed by atoms with E-state index in [0.29, 0.717) is 11.5 Å². The molecule has 11 rings (SSSR count). The minimum atomic E-state index is -0.142. The highest BCUT2D eigenvalue weighted by atomic mass is 16.5. The topological polar surface area (TPSA) is 186 Å². The molecule has 56 heavy (non-hydrogen) atoms. The molecule has 326 valence electrons. The Morgan fingerprint density at radius 2 is 0.821 bits per heavy atom. The minimum absolute atomic E-state index is 0.131. The molecule has 7 saturated heterocycles. The largest absolute Gasteiger partial charge is 0.379 e. The Hall–Kier alpha value is -1.40. The van der Waals surface area contributed by atoms with Crippen molar-refractivity contribution in [2.75, 3.05) is 105 Å². The van der Waals surface area contributed by atoms with Gasteiger partial charge in [0.15, 0.2) is 0 Å². The number of nitriles is 1. The summed E-state index contributed by atoms with van der Waals surface area (Å²) < 4.78 is 5.01. The third-order valence-electron chi connectivity index (χ3n) is 12.5. The predicted octanol–water partition coefficient (Wildman–Crippen LogP) is 3.76. The Labute approximate surface area is 343 Å². The third-order valence-corrected chi connectivity index (χ3v) is 12.5. The highest BCUT2D eigenvalue weighted by molar-refractivity contribution is 5.76. The maximum atomic E-state index is 10.5. The molecule has 4 aliphatic carbocycles. The van der Waals surface area contributed by atoms with Gasteiger partial charge in [0.1, 0.15) is 0 Å². The number of hydrogen-bond donors (Lipinski definition) is 9. The van der Waals surface area contributed by atoms with Crippen LogP contribution in [0.15, 0.2) is 0 Å². The Kier molecular flexibility index (Phi) is 28.4. The van der Waals surface area contributed by atoms with Crippen molar-refractivity contribution in [2.45, 2.75) is 134 Å². The molecule has 4 saturated carbocycles. The standard InChI is InChI=1S/C10H17N.C6H12N2O.C6H10N2.C6H13N.C5H11N.C4H9NO.C4H9N.C3H7N/c11-10-4-7-1-8(5-10)3-9(2-7)6-10;7-6(9)5-1-3-8-4-2-5;7-5-6-1-3-8-4-2-6;1-2-4-6-7-5-3-1;1-2-4-6-5-3-1;1-3-6-4-2-5-1;1-2-4-5-3-1;1-2-4-3-1/h7-9H,1-6,11H2;5,8H,1-4H2,(H2,7,9);6,8H,1-4H2;7H,1-6H2;6H,1-5H2;5H,1-4H2;5H,1-4H2;4H,1-3H2. The van der Waals surface area contributed by atoms with Gasteiger partial charge < -0.3 is 53.4 Å². The zero-order valence-corrected chi connectivity index (χ0v) is 35.8. The number of piperidine rings is 3. The van der Waals surface area contributed by atoms with Crippen LogP contribution in [-0.4, -0.2) is 116 Å². The molecule has 7 heterocycles. The summed E-state index contributed by atoms with van der Waals surface area (Å²) in [6.07, 6.45) is 26.5. The number of rotatable bonds is 1. The number of primary amides is 1. The Morgan fingerprint density at radius 3 is 1.07 bits per heavy atom. The Morgan fingerprint density at radius 1 is 0.500 bits per heavy atom. The first kappa shape index (κ1) is 49.0. The second-order valence-electron chi connectivity index (χ2n) is 17.8. The van der Waals surface area contributed by atoms with E-state index in [0.717, 1.165) is 95.9 Å². The van der Waals surface area contributed by atoms with E-state index in [1.807, 2.05) is 0 Å². The van der Waals surface area contributed by atoms with E-state index >= 15 is 0 Å². The highest BCUT2D eigenvalue weighted by Gasteiger charge is 2.48. The number of carbonyl (C=O) groups excluding carboxylic acids is 1. The van der Waals surface area contributed by atoms with Crippen molar-refractivity contribution in [2.24, 2.45) is 41.1 Å². The molecule has 0 aromatic heterocycles. The summed E-state index contributed by atoms with van der Waals surface area (Å²) in [7, 11) is 0. The van der Waals surface area contributed by atoms with Crippen molar-refractivity contribution in [3.63, 3.8) is 0 Å². The van der Waals surface area contributed by atoms with Gasteiger partial charge in [-0.1, -0.05) is 19.3 Å². The van der Waals surface area contributed by atoms with Gasteiger partial charge in [-0.15, -0.1) is 0 Å². The van der Waals surface area contributed by atoms with Crippen LogP contribution in [0.5, 0.6) is 0 Å². The van der Waals surface area contributed by atoms with Crippen molar-refractivity contribution >= 4 is 5.91 Å². The molecular weight excluding hydrogens is 701 g/mol. The average molecular weight is 789 g/mol. The zero-order valence-electron chi connectivity index (χ0n) is 35.8. The monoisotopic (exact) mass is 789 g/mol. The SMILES string of the molecule is C1CCCNCC1.C1CCNC1.C1CCNCC1.C1CNC1.C1COCCN1.N#CC1CCNCC1.NC(=O)C1CCNCC1.NC12CC3CC(CC(C3)C1)C2. The smallest absolute Gasteiger partial charge is 0.220 e. The summed E-state index contributed by atoms with van der Waals surface area (Å²) in [5.74, 6) is 3.38. The Balaban J connectivity index is 0.000000175. The number of nitrogens with one attached hydrogen (secondary N) is 7. The molecule has 0 atom stereocenters. The molecule has 0 radical (unpaired) electrons. The van der Waals surface area contributed by atoms with E-state index in [-0.39, 0.29) is 11.8 Å². The zero-order chi connectivity index (χ0) is 39.8. The second kappa shape index (κ2) is 32.5. The van der Waals surface area contributed by atoms with Gasteiger partial charge in [-0.2, -0.15) is 5.26 Å². The molecule has 0 aromatic rings. The number of hydrogen-bond acceptors (Lipinski definition) is 11. The maximum absolute atomic E-state index is 10.5. The summed E-state index contributed by atoms with van der Waals surface area (Å²) in [5, 5.41) is 30.9. The summed E-state index contributed by atoms with van der Waals surface area (Å²) in [5.41, 5.74) is 11.7. The van der Waals surface area contributed by atoms with E-state index in [9.17, 15) is 4.79 Å². The van der Waals surface area contributed by atoms with Gasteiger partial charge in [0, 0.05) is 30.5 Å². The molecule has 1 amide bonds. The van der Waals surface area contributed by atoms with Gasteiger partial charge in [-0.05, 0) is 205 Å². The van der Waals surface area contributed by atoms with Crippen LogP contribution in [0.25, 0.3) is 0 Å². The van der Waals surface area contributed by atoms with Crippen LogP contribution < -0.4 is 48.7 Å². The molecule has 0 spiro atoms. The van der Waals surface area contributed by atoms with Crippen LogP contribution >= 0.6 is 0 Å². The van der Waals surface area contributed by atoms with Crippen molar-refractivity contribution in [1.29, 1.82) is 5.26 Å². The van der Waals surface area contributed by atoms with Gasteiger partial charge in [-0.25, -0.2) is 0 Å². The first-order valence-electron chi connectivity index (χ1n) is 23.5. The molecule has 0 unspecified atom stereocenters. The van der Waals surface area contributed by atoms with Gasteiger partial charge >= 0.3 is 0 Å². The van der Waals surface area contributed by atoms with Crippen LogP contribution in [0.2, 0.25) is 0 Å². The number of nitrogens with two attached hydrogens (primary N) is 2. The lowest BCUT2D eigenvalue weighted by atomic mass is 9.53. The predicted molar refractivity (Wildman–Crippen MR) is 232 cm³/mol. The summed E-state index contributed by atoms with van der Waals surface area (Å²) in [4.78, 5) is 10.5. The van der Waals surface area contributed by atoms with Gasteiger partial charge in [0.05, 0.1) is 19.3 Å². The Bertz CT molecular complexity index is 868. The van der Waals surface area contributed by atoms with E-state index in [4.69, 9.17) is 21.5 Å². The maximum Gasteiger partial charge on any atom is 0.220 e. The first-order valence-corrected chi connectivity index (χ1v) is 23.5. The van der Waals surface area contributed by atoms with Crippen molar-refractivity contribution in [3.05, 3.63) is 0 Å². The summed E-state index contributed by atoms with van der Waals surface area (Å²) in [6.45, 7) is 17.8. The van der Waals surface area contributed by atoms with Gasteiger partial charge in [-0.3, -0.25) is 4.79 Å². The highest BCUT2D eigenvalue weighted by Crippen LogP contribution is 2.54. The van der Waals surface area contributed by atoms with Crippen LogP contribution in [0.4, 0.5) is 0 Å². The molecule has 11 N–H and O–H groups in total. The molecule has 12 nitrogen and oxygen atoms in total. The molecule has 7 aliphatic heterocycles. The number of amides is 1. The van der Waals surface area contributed by atoms with Crippen LogP contribution in [0, 0.1) is 40.9 Å². The third kappa shape index (κ3) is 24.5. The molecule has 11 fully saturated rings. The number of morpholine rings is 1. The van der Waals surface area contributed by atoms with Crippen molar-refractivity contribution < 1.29 is 9.53 Å². The molecule has 11 aliphatic rings. The number of carbonyl (C=O) groups is 1. The van der Waals surface area contributed by atoms with Crippen molar-refractivity contribution in [1.82, 2.24) is 37.2 Å². The van der Waals surface area contributed by atoms with E-state index < -0.39 is 0 Å².